The fourth-order valence-corrected chi connectivity index (χ4v) is 1.27. The van der Waals surface area contributed by atoms with E-state index < -0.39 is 0 Å². The Morgan fingerprint density at radius 1 is 1.13 bits per heavy atom. The molecule has 0 bridgehead atoms. The third-order valence-corrected chi connectivity index (χ3v) is 2.00. The van der Waals surface area contributed by atoms with Crippen molar-refractivity contribution in [1.82, 2.24) is 9.97 Å². The predicted molar refractivity (Wildman–Crippen MR) is 58.5 cm³/mol. The average molecular weight is 198 g/mol. The van der Waals surface area contributed by atoms with Crippen molar-refractivity contribution in [2.75, 3.05) is 0 Å². The van der Waals surface area contributed by atoms with Crippen LogP contribution in [-0.4, -0.2) is 15.8 Å². The topological polar surface area (TPSA) is 75.7 Å². The van der Waals surface area contributed by atoms with Crippen LogP contribution in [0.4, 0.5) is 0 Å². The van der Waals surface area contributed by atoms with E-state index in [-0.39, 0.29) is 5.84 Å². The molecule has 4 heteroatoms. The van der Waals surface area contributed by atoms with Crippen LogP contribution in [0, 0.1) is 5.41 Å². The molecular formula is C11H10N4. The van der Waals surface area contributed by atoms with Crippen LogP contribution in [0.2, 0.25) is 0 Å². The Balaban J connectivity index is 2.46. The maximum absolute atomic E-state index is 7.30. The summed E-state index contributed by atoms with van der Waals surface area (Å²) in [4.78, 5) is 8.20. The summed E-state index contributed by atoms with van der Waals surface area (Å²) in [5.41, 5.74) is 7.62. The van der Waals surface area contributed by atoms with Crippen LogP contribution in [0.1, 0.15) is 5.69 Å². The number of aromatic nitrogens is 2. The van der Waals surface area contributed by atoms with Crippen LogP contribution in [0.15, 0.2) is 42.7 Å². The summed E-state index contributed by atoms with van der Waals surface area (Å²) < 4.78 is 0. The van der Waals surface area contributed by atoms with Gasteiger partial charge in [-0.15, -0.1) is 0 Å². The normalized spacial score (nSPS) is 9.87. The highest BCUT2D eigenvalue weighted by atomic mass is 14.8. The second kappa shape index (κ2) is 3.88. The molecule has 4 nitrogen and oxygen atoms in total. The van der Waals surface area contributed by atoms with Crippen LogP contribution in [-0.2, 0) is 0 Å². The van der Waals surface area contributed by atoms with Gasteiger partial charge >= 0.3 is 0 Å². The lowest BCUT2D eigenvalue weighted by Gasteiger charge is -2.02. The molecule has 0 saturated heterocycles. The molecule has 2 rings (SSSR count). The summed E-state index contributed by atoms with van der Waals surface area (Å²) in [5, 5.41) is 7.30. The Morgan fingerprint density at radius 2 is 1.87 bits per heavy atom. The van der Waals surface area contributed by atoms with Gasteiger partial charge in [-0.1, -0.05) is 6.07 Å². The van der Waals surface area contributed by atoms with E-state index in [1.54, 1.807) is 18.5 Å². The number of hydrogen-bond acceptors (Lipinski definition) is 3. The number of hydrogen-bond donors (Lipinski definition) is 2. The van der Waals surface area contributed by atoms with E-state index in [0.29, 0.717) is 5.69 Å². The van der Waals surface area contributed by atoms with E-state index in [4.69, 9.17) is 11.1 Å². The Hall–Kier alpha value is -2.23. The second-order valence-corrected chi connectivity index (χ2v) is 3.06. The van der Waals surface area contributed by atoms with Gasteiger partial charge in [-0.2, -0.15) is 0 Å². The number of pyridine rings is 2. The molecule has 0 saturated carbocycles. The van der Waals surface area contributed by atoms with Gasteiger partial charge in [0.25, 0.3) is 0 Å². The molecule has 2 aromatic heterocycles. The zero-order valence-corrected chi connectivity index (χ0v) is 8.01. The van der Waals surface area contributed by atoms with Crippen LogP contribution in [0.3, 0.4) is 0 Å². The molecule has 2 aromatic rings. The number of amidine groups is 1. The van der Waals surface area contributed by atoms with Gasteiger partial charge in [-0.05, 0) is 24.3 Å². The van der Waals surface area contributed by atoms with Gasteiger partial charge in [0, 0.05) is 18.0 Å². The number of nitrogens with two attached hydrogens (primary N) is 1. The summed E-state index contributed by atoms with van der Waals surface area (Å²) in [6, 6.07) is 9.16. The fourth-order valence-electron chi connectivity index (χ4n) is 1.27. The van der Waals surface area contributed by atoms with Gasteiger partial charge < -0.3 is 5.73 Å². The van der Waals surface area contributed by atoms with Crippen LogP contribution < -0.4 is 5.73 Å². The van der Waals surface area contributed by atoms with Gasteiger partial charge in [0.15, 0.2) is 0 Å². The molecule has 3 N–H and O–H groups in total. The third-order valence-electron chi connectivity index (χ3n) is 2.00. The van der Waals surface area contributed by atoms with Crippen molar-refractivity contribution in [2.45, 2.75) is 0 Å². The Kier molecular flexibility index (Phi) is 2.41. The van der Waals surface area contributed by atoms with Crippen molar-refractivity contribution in [3.8, 4) is 11.3 Å². The Labute approximate surface area is 87.3 Å². The molecule has 0 amide bonds. The molecule has 0 spiro atoms. The molecule has 0 atom stereocenters. The summed E-state index contributed by atoms with van der Waals surface area (Å²) >= 11 is 0. The maximum Gasteiger partial charge on any atom is 0.141 e. The van der Waals surface area contributed by atoms with Crippen molar-refractivity contribution in [3.63, 3.8) is 0 Å². The molecule has 0 radical (unpaired) electrons. The van der Waals surface area contributed by atoms with Gasteiger partial charge in [-0.25, -0.2) is 4.98 Å². The summed E-state index contributed by atoms with van der Waals surface area (Å²) in [6.07, 6.45) is 3.41. The fraction of sp³-hybridized carbons (Fsp3) is 0. The third kappa shape index (κ3) is 1.99. The second-order valence-electron chi connectivity index (χ2n) is 3.06. The van der Waals surface area contributed by atoms with E-state index >= 15 is 0 Å². The smallest absolute Gasteiger partial charge is 0.141 e. The summed E-state index contributed by atoms with van der Waals surface area (Å²) in [7, 11) is 0. The minimum absolute atomic E-state index is 0.0223. The zero-order valence-electron chi connectivity index (χ0n) is 8.01. The van der Waals surface area contributed by atoms with Gasteiger partial charge in [0.2, 0.25) is 0 Å². The largest absolute Gasteiger partial charge is 0.382 e. The Bertz CT molecular complexity index is 479. The van der Waals surface area contributed by atoms with Crippen molar-refractivity contribution in [1.29, 1.82) is 5.41 Å². The van der Waals surface area contributed by atoms with Crippen LogP contribution >= 0.6 is 0 Å². The van der Waals surface area contributed by atoms with Crippen LogP contribution in [0.25, 0.3) is 11.3 Å². The number of rotatable bonds is 2. The van der Waals surface area contributed by atoms with Gasteiger partial charge in [0.1, 0.15) is 11.5 Å². The van der Waals surface area contributed by atoms with Gasteiger partial charge in [-0.3, -0.25) is 10.4 Å². The first-order valence-corrected chi connectivity index (χ1v) is 4.49. The van der Waals surface area contributed by atoms with E-state index in [1.165, 1.54) is 0 Å². The van der Waals surface area contributed by atoms with Crippen molar-refractivity contribution in [3.05, 3.63) is 48.4 Å². The standard InChI is InChI=1S/C11H10N4/c12-11(13)10-3-1-2-9(15-10)8-4-6-14-7-5-8/h1-7H,(H3,12,13). The lowest BCUT2D eigenvalue weighted by Crippen LogP contribution is -2.13. The number of nitrogens with zero attached hydrogens (tertiary/aromatic N) is 2. The zero-order chi connectivity index (χ0) is 10.7. The lowest BCUT2D eigenvalue weighted by atomic mass is 10.1. The quantitative estimate of drug-likeness (QED) is 0.566. The molecule has 0 aromatic carbocycles. The highest BCUT2D eigenvalue weighted by molar-refractivity contribution is 5.93. The minimum Gasteiger partial charge on any atom is -0.382 e. The van der Waals surface area contributed by atoms with Crippen molar-refractivity contribution < 1.29 is 0 Å². The lowest BCUT2D eigenvalue weighted by molar-refractivity contribution is 1.24. The monoisotopic (exact) mass is 198 g/mol. The molecule has 0 unspecified atom stereocenters. The van der Waals surface area contributed by atoms with E-state index in [0.717, 1.165) is 11.3 Å². The highest BCUT2D eigenvalue weighted by Gasteiger charge is 2.01. The van der Waals surface area contributed by atoms with Gasteiger partial charge in [0.05, 0.1) is 5.69 Å². The molecule has 0 aliphatic heterocycles. The predicted octanol–water partition coefficient (Wildman–Crippen LogP) is 1.43. The van der Waals surface area contributed by atoms with E-state index in [2.05, 4.69) is 9.97 Å². The molecule has 0 aliphatic carbocycles. The first-order valence-electron chi connectivity index (χ1n) is 4.49. The maximum atomic E-state index is 7.30. The molecule has 0 fully saturated rings. The average Bonchev–Trinajstić information content (AvgIpc) is 2.30. The molecular weight excluding hydrogens is 188 g/mol. The molecule has 0 aliphatic rings. The summed E-state index contributed by atoms with van der Waals surface area (Å²) in [5.74, 6) is -0.0223. The van der Waals surface area contributed by atoms with Crippen LogP contribution in [0.5, 0.6) is 0 Å². The molecule has 74 valence electrons. The SMILES string of the molecule is N=C(N)c1cccc(-c2ccncc2)n1. The first kappa shape index (κ1) is 9.33. The summed E-state index contributed by atoms with van der Waals surface area (Å²) in [6.45, 7) is 0. The molecule has 15 heavy (non-hydrogen) atoms. The van der Waals surface area contributed by atoms with E-state index in [1.807, 2.05) is 24.3 Å². The van der Waals surface area contributed by atoms with Crippen molar-refractivity contribution in [2.24, 2.45) is 5.73 Å². The highest BCUT2D eigenvalue weighted by Crippen LogP contribution is 2.15. The first-order chi connectivity index (χ1) is 7.27. The van der Waals surface area contributed by atoms with Crippen molar-refractivity contribution >= 4 is 5.84 Å². The number of nitrogen functional groups attached to an aromatic ring is 1. The number of nitrogens with one attached hydrogen (secondary N) is 1. The minimum atomic E-state index is -0.0223. The molecule has 2 heterocycles. The van der Waals surface area contributed by atoms with E-state index in [9.17, 15) is 0 Å². The Morgan fingerprint density at radius 3 is 2.53 bits per heavy atom.